The third kappa shape index (κ3) is 3.86. The molecule has 1 heterocycles. The molecule has 2 aromatic rings. The third-order valence-corrected chi connectivity index (χ3v) is 2.83. The Labute approximate surface area is 123 Å². The first-order chi connectivity index (χ1) is 9.90. The van der Waals surface area contributed by atoms with Crippen molar-refractivity contribution in [3.63, 3.8) is 0 Å². The lowest BCUT2D eigenvalue weighted by Gasteiger charge is -2.16. The zero-order valence-corrected chi connectivity index (χ0v) is 11.2. The normalized spacial score (nSPS) is 12.5. The lowest BCUT2D eigenvalue weighted by molar-refractivity contribution is -0.274. The molecule has 0 fully saturated rings. The van der Waals surface area contributed by atoms with Crippen molar-refractivity contribution in [3.05, 3.63) is 58.9 Å². The van der Waals surface area contributed by atoms with Crippen LogP contribution in [0.4, 0.5) is 13.2 Å². The lowest BCUT2D eigenvalue weighted by atomic mass is 9.96. The summed E-state index contributed by atoms with van der Waals surface area (Å²) >= 11 is 5.75. The second kappa shape index (κ2) is 6.02. The molecule has 0 saturated carbocycles. The number of nitrogens with zero attached hydrogens (tertiary/aromatic N) is 2. The van der Waals surface area contributed by atoms with Gasteiger partial charge in [0, 0.05) is 5.56 Å². The van der Waals surface area contributed by atoms with Crippen LogP contribution in [0.15, 0.2) is 42.5 Å². The van der Waals surface area contributed by atoms with Crippen LogP contribution in [0.5, 0.6) is 5.75 Å². The molecule has 7 heteroatoms. The first kappa shape index (κ1) is 15.1. The third-order valence-electron chi connectivity index (χ3n) is 2.62. The molecule has 0 aliphatic carbocycles. The van der Waals surface area contributed by atoms with E-state index in [1.165, 1.54) is 30.3 Å². The van der Waals surface area contributed by atoms with E-state index < -0.39 is 18.0 Å². The number of benzene rings is 1. The molecule has 108 valence electrons. The zero-order valence-electron chi connectivity index (χ0n) is 10.4. The number of ether oxygens (including phenoxy) is 1. The molecule has 3 nitrogen and oxygen atoms in total. The van der Waals surface area contributed by atoms with E-state index in [0.717, 1.165) is 6.07 Å². The summed E-state index contributed by atoms with van der Waals surface area (Å²) in [6, 6.07) is 12.0. The fourth-order valence-corrected chi connectivity index (χ4v) is 1.99. The van der Waals surface area contributed by atoms with Crippen LogP contribution < -0.4 is 4.74 Å². The molecule has 0 radical (unpaired) electrons. The topological polar surface area (TPSA) is 45.9 Å². The number of nitriles is 1. The van der Waals surface area contributed by atoms with Crippen molar-refractivity contribution in [2.24, 2.45) is 0 Å². The summed E-state index contributed by atoms with van der Waals surface area (Å²) in [4.78, 5) is 3.96. The highest BCUT2D eigenvalue weighted by molar-refractivity contribution is 6.29. The van der Waals surface area contributed by atoms with Crippen LogP contribution in [0.2, 0.25) is 5.15 Å². The fraction of sp³-hybridized carbons (Fsp3) is 0.143. The van der Waals surface area contributed by atoms with Crippen LogP contribution in [0.3, 0.4) is 0 Å². The quantitative estimate of drug-likeness (QED) is 0.794. The van der Waals surface area contributed by atoms with E-state index in [4.69, 9.17) is 11.6 Å². The second-order valence-electron chi connectivity index (χ2n) is 4.03. The maximum absolute atomic E-state index is 12.4. The minimum Gasteiger partial charge on any atom is -0.405 e. The Morgan fingerprint density at radius 3 is 2.48 bits per heavy atom. The van der Waals surface area contributed by atoms with E-state index in [2.05, 4.69) is 9.72 Å². The number of alkyl halides is 3. The molecule has 0 bridgehead atoms. The predicted molar refractivity (Wildman–Crippen MR) is 69.8 cm³/mol. The van der Waals surface area contributed by atoms with E-state index in [-0.39, 0.29) is 16.4 Å². The number of pyridine rings is 1. The van der Waals surface area contributed by atoms with Crippen LogP contribution >= 0.6 is 11.6 Å². The number of aromatic nitrogens is 1. The van der Waals surface area contributed by atoms with Gasteiger partial charge in [-0.15, -0.1) is 13.2 Å². The molecule has 1 aromatic carbocycles. The average molecular weight is 313 g/mol. The Kier molecular flexibility index (Phi) is 4.34. The highest BCUT2D eigenvalue weighted by Gasteiger charge is 2.33. The van der Waals surface area contributed by atoms with Gasteiger partial charge in [0.25, 0.3) is 0 Å². The summed E-state index contributed by atoms with van der Waals surface area (Å²) < 4.78 is 41.2. The van der Waals surface area contributed by atoms with E-state index in [1.807, 2.05) is 6.07 Å². The highest BCUT2D eigenvalue weighted by atomic mass is 35.5. The van der Waals surface area contributed by atoms with Crippen molar-refractivity contribution in [3.8, 4) is 11.8 Å². The highest BCUT2D eigenvalue weighted by Crippen LogP contribution is 2.34. The molecule has 1 atom stereocenters. The molecule has 1 aromatic heterocycles. The van der Waals surface area contributed by atoms with Crippen LogP contribution in [0, 0.1) is 11.3 Å². The van der Waals surface area contributed by atoms with Crippen LogP contribution in [-0.2, 0) is 0 Å². The Hall–Kier alpha value is -2.26. The predicted octanol–water partition coefficient (Wildman–Crippen LogP) is 4.29. The minimum absolute atomic E-state index is 0.0760. The van der Waals surface area contributed by atoms with E-state index in [0.29, 0.717) is 0 Å². The van der Waals surface area contributed by atoms with E-state index in [1.54, 1.807) is 6.07 Å². The Morgan fingerprint density at radius 1 is 1.14 bits per heavy atom. The molecule has 0 spiro atoms. The van der Waals surface area contributed by atoms with Gasteiger partial charge in [-0.1, -0.05) is 35.9 Å². The number of halogens is 4. The summed E-state index contributed by atoms with van der Waals surface area (Å²) in [5.41, 5.74) is 0.329. The van der Waals surface area contributed by atoms with Crippen molar-refractivity contribution in [2.75, 3.05) is 0 Å². The second-order valence-corrected chi connectivity index (χ2v) is 4.42. The summed E-state index contributed by atoms with van der Waals surface area (Å²) in [5.74, 6) is -1.44. The number of rotatable bonds is 3. The van der Waals surface area contributed by atoms with Crippen LogP contribution in [-0.4, -0.2) is 11.3 Å². The maximum atomic E-state index is 12.4. The molecule has 21 heavy (non-hydrogen) atoms. The molecular weight excluding hydrogens is 305 g/mol. The van der Waals surface area contributed by atoms with Gasteiger partial charge in [-0.25, -0.2) is 4.98 Å². The van der Waals surface area contributed by atoms with Crippen molar-refractivity contribution < 1.29 is 17.9 Å². The van der Waals surface area contributed by atoms with Crippen LogP contribution in [0.25, 0.3) is 0 Å². The average Bonchev–Trinajstić information content (AvgIpc) is 2.40. The molecule has 0 N–H and O–H groups in total. The minimum atomic E-state index is -4.84. The number of hydrogen-bond donors (Lipinski definition) is 0. The van der Waals surface area contributed by atoms with Gasteiger partial charge in [0.2, 0.25) is 0 Å². The van der Waals surface area contributed by atoms with Gasteiger partial charge in [-0.3, -0.25) is 0 Å². The summed E-state index contributed by atoms with van der Waals surface area (Å²) in [6.45, 7) is 0. The zero-order chi connectivity index (χ0) is 15.5. The van der Waals surface area contributed by atoms with Crippen molar-refractivity contribution in [1.29, 1.82) is 5.26 Å². The maximum Gasteiger partial charge on any atom is 0.573 e. The van der Waals surface area contributed by atoms with Crippen molar-refractivity contribution in [1.82, 2.24) is 4.98 Å². The first-order valence-corrected chi connectivity index (χ1v) is 6.15. The van der Waals surface area contributed by atoms with E-state index in [9.17, 15) is 18.4 Å². The first-order valence-electron chi connectivity index (χ1n) is 5.77. The van der Waals surface area contributed by atoms with Gasteiger partial charge in [-0.05, 0) is 18.2 Å². The SMILES string of the molecule is N#CC(c1cccc(Cl)n1)c1ccccc1OC(F)(F)F. The Morgan fingerprint density at radius 2 is 1.86 bits per heavy atom. The molecule has 0 aliphatic heterocycles. The molecule has 1 unspecified atom stereocenters. The van der Waals surface area contributed by atoms with Crippen LogP contribution in [0.1, 0.15) is 17.2 Å². The van der Waals surface area contributed by atoms with Gasteiger partial charge >= 0.3 is 6.36 Å². The standard InChI is InChI=1S/C14H8ClF3N2O/c15-13-7-3-5-11(20-13)10(8-19)9-4-1-2-6-12(9)21-14(16,17)18/h1-7,10H. The smallest absolute Gasteiger partial charge is 0.405 e. The summed E-state index contributed by atoms with van der Waals surface area (Å²) in [7, 11) is 0. The molecule has 0 aliphatic rings. The Balaban J connectivity index is 2.46. The summed E-state index contributed by atoms with van der Waals surface area (Å²) in [6.07, 6.45) is -4.84. The van der Waals surface area contributed by atoms with Gasteiger partial charge in [0.1, 0.15) is 16.8 Å². The number of hydrogen-bond acceptors (Lipinski definition) is 3. The van der Waals surface area contributed by atoms with Gasteiger partial charge in [0.05, 0.1) is 11.8 Å². The molecule has 0 amide bonds. The largest absolute Gasteiger partial charge is 0.573 e. The van der Waals surface area contributed by atoms with E-state index >= 15 is 0 Å². The monoisotopic (exact) mass is 312 g/mol. The van der Waals surface area contributed by atoms with Crippen molar-refractivity contribution in [2.45, 2.75) is 12.3 Å². The Bertz CT molecular complexity index is 682. The van der Waals surface area contributed by atoms with Crippen molar-refractivity contribution >= 4 is 11.6 Å². The fourth-order valence-electron chi connectivity index (χ4n) is 1.82. The molecular formula is C14H8ClF3N2O. The van der Waals surface area contributed by atoms with Gasteiger partial charge < -0.3 is 4.74 Å². The van der Waals surface area contributed by atoms with Gasteiger partial charge in [-0.2, -0.15) is 5.26 Å². The molecule has 2 rings (SSSR count). The summed E-state index contributed by atoms with van der Waals surface area (Å²) in [5, 5.41) is 9.43. The van der Waals surface area contributed by atoms with Gasteiger partial charge in [0.15, 0.2) is 0 Å². The lowest BCUT2D eigenvalue weighted by Crippen LogP contribution is -2.18. The number of para-hydroxylation sites is 1. The molecule has 0 saturated heterocycles.